The largest absolute Gasteiger partial charge is 0.388 e. The summed E-state index contributed by atoms with van der Waals surface area (Å²) < 4.78 is 26.8. The van der Waals surface area contributed by atoms with E-state index >= 15 is 0 Å². The number of para-hydroxylation sites is 1. The Kier molecular flexibility index (Phi) is 4.88. The summed E-state index contributed by atoms with van der Waals surface area (Å²) in [4.78, 5) is 11.7. The summed E-state index contributed by atoms with van der Waals surface area (Å²) in [6.45, 7) is 0. The Morgan fingerprint density at radius 1 is 1.14 bits per heavy atom. The van der Waals surface area contributed by atoms with Crippen molar-refractivity contribution in [3.63, 3.8) is 0 Å². The fourth-order valence-electron chi connectivity index (χ4n) is 1.79. The van der Waals surface area contributed by atoms with Gasteiger partial charge in [-0.25, -0.2) is 8.78 Å². The first-order valence-electron chi connectivity index (χ1n) is 6.15. The Bertz CT molecular complexity index is 626. The van der Waals surface area contributed by atoms with Crippen LogP contribution in [0.1, 0.15) is 18.1 Å². The van der Waals surface area contributed by atoms with Crippen LogP contribution in [0.2, 0.25) is 5.02 Å². The molecule has 0 aliphatic rings. The molecule has 0 saturated heterocycles. The standard InChI is InChI=1S/C15H12ClF2NO2/c16-10-6-4-9(5-7-10)13(20)8-14(21)19-15-11(17)2-1-3-12(15)18/h1-7,13,20H,8H2,(H,19,21). The molecule has 110 valence electrons. The molecule has 2 aromatic carbocycles. The summed E-state index contributed by atoms with van der Waals surface area (Å²) in [5.74, 6) is -2.44. The molecule has 1 atom stereocenters. The number of benzene rings is 2. The van der Waals surface area contributed by atoms with Crippen LogP contribution in [0.25, 0.3) is 0 Å². The number of halogens is 3. The molecule has 0 bridgehead atoms. The number of anilines is 1. The van der Waals surface area contributed by atoms with Crippen LogP contribution in [-0.4, -0.2) is 11.0 Å². The van der Waals surface area contributed by atoms with E-state index in [-0.39, 0.29) is 6.42 Å². The van der Waals surface area contributed by atoms with Crippen molar-refractivity contribution in [2.45, 2.75) is 12.5 Å². The first-order valence-corrected chi connectivity index (χ1v) is 6.52. The molecule has 6 heteroatoms. The summed E-state index contributed by atoms with van der Waals surface area (Å²) in [7, 11) is 0. The normalized spacial score (nSPS) is 12.0. The molecule has 21 heavy (non-hydrogen) atoms. The van der Waals surface area contributed by atoms with Crippen LogP contribution in [0.3, 0.4) is 0 Å². The minimum absolute atomic E-state index is 0.324. The third-order valence-electron chi connectivity index (χ3n) is 2.86. The molecule has 0 fully saturated rings. The van der Waals surface area contributed by atoms with E-state index < -0.39 is 29.3 Å². The van der Waals surface area contributed by atoms with Crippen LogP contribution in [0.5, 0.6) is 0 Å². The molecular formula is C15H12ClF2NO2. The second-order valence-corrected chi connectivity index (χ2v) is 4.85. The monoisotopic (exact) mass is 311 g/mol. The summed E-state index contributed by atoms with van der Waals surface area (Å²) in [5.41, 5.74) is -0.0330. The second-order valence-electron chi connectivity index (χ2n) is 4.42. The van der Waals surface area contributed by atoms with Crippen LogP contribution < -0.4 is 5.32 Å². The SMILES string of the molecule is O=C(CC(O)c1ccc(Cl)cc1)Nc1c(F)cccc1F. The van der Waals surface area contributed by atoms with Gasteiger partial charge in [-0.1, -0.05) is 29.8 Å². The smallest absolute Gasteiger partial charge is 0.227 e. The van der Waals surface area contributed by atoms with E-state index in [0.717, 1.165) is 12.1 Å². The molecule has 1 amide bonds. The van der Waals surface area contributed by atoms with Crippen molar-refractivity contribution in [3.05, 3.63) is 64.7 Å². The number of aliphatic hydroxyl groups excluding tert-OH is 1. The van der Waals surface area contributed by atoms with Crippen molar-refractivity contribution in [1.29, 1.82) is 0 Å². The van der Waals surface area contributed by atoms with Gasteiger partial charge in [-0.15, -0.1) is 0 Å². The summed E-state index contributed by atoms with van der Waals surface area (Å²) in [6.07, 6.45) is -1.41. The fraction of sp³-hybridized carbons (Fsp3) is 0.133. The number of hydrogen-bond donors (Lipinski definition) is 2. The molecule has 0 aliphatic carbocycles. The lowest BCUT2D eigenvalue weighted by Crippen LogP contribution is -2.17. The second kappa shape index (κ2) is 6.65. The lowest BCUT2D eigenvalue weighted by molar-refractivity contribution is -0.118. The molecule has 2 aromatic rings. The Morgan fingerprint density at radius 3 is 2.29 bits per heavy atom. The zero-order valence-corrected chi connectivity index (χ0v) is 11.6. The number of carbonyl (C=O) groups is 1. The van der Waals surface area contributed by atoms with E-state index in [4.69, 9.17) is 11.6 Å². The Hall–Kier alpha value is -1.98. The molecular weight excluding hydrogens is 300 g/mol. The minimum Gasteiger partial charge on any atom is -0.388 e. The van der Waals surface area contributed by atoms with E-state index in [9.17, 15) is 18.7 Å². The van der Waals surface area contributed by atoms with Gasteiger partial charge in [0.1, 0.15) is 17.3 Å². The van der Waals surface area contributed by atoms with Crippen LogP contribution >= 0.6 is 11.6 Å². The average molecular weight is 312 g/mol. The molecule has 1 unspecified atom stereocenters. The maximum absolute atomic E-state index is 13.4. The van der Waals surface area contributed by atoms with E-state index in [1.165, 1.54) is 6.07 Å². The maximum Gasteiger partial charge on any atom is 0.227 e. The molecule has 0 saturated carbocycles. The summed E-state index contributed by atoms with van der Waals surface area (Å²) >= 11 is 5.72. The van der Waals surface area contributed by atoms with Crippen molar-refractivity contribution in [3.8, 4) is 0 Å². The highest BCUT2D eigenvalue weighted by Gasteiger charge is 2.16. The highest BCUT2D eigenvalue weighted by atomic mass is 35.5. The van der Waals surface area contributed by atoms with Gasteiger partial charge < -0.3 is 10.4 Å². The first kappa shape index (κ1) is 15.4. The van der Waals surface area contributed by atoms with Gasteiger partial charge in [-0.3, -0.25) is 4.79 Å². The van der Waals surface area contributed by atoms with Crippen LogP contribution in [0.15, 0.2) is 42.5 Å². The maximum atomic E-state index is 13.4. The zero-order chi connectivity index (χ0) is 15.4. The summed E-state index contributed by atoms with van der Waals surface area (Å²) in [6, 6.07) is 9.57. The van der Waals surface area contributed by atoms with Crippen molar-refractivity contribution in [2.24, 2.45) is 0 Å². The summed E-state index contributed by atoms with van der Waals surface area (Å²) in [5, 5.41) is 12.5. The Balaban J connectivity index is 2.03. The molecule has 0 aromatic heterocycles. The van der Waals surface area contributed by atoms with E-state index in [0.29, 0.717) is 10.6 Å². The van der Waals surface area contributed by atoms with Gasteiger partial charge in [0.2, 0.25) is 5.91 Å². The van der Waals surface area contributed by atoms with Crippen LogP contribution in [0.4, 0.5) is 14.5 Å². The van der Waals surface area contributed by atoms with Gasteiger partial charge >= 0.3 is 0 Å². The van der Waals surface area contributed by atoms with Crippen LogP contribution in [-0.2, 0) is 4.79 Å². The van der Waals surface area contributed by atoms with Crippen LogP contribution in [0, 0.1) is 11.6 Å². The highest BCUT2D eigenvalue weighted by molar-refractivity contribution is 6.30. The number of nitrogens with one attached hydrogen (secondary N) is 1. The molecule has 0 heterocycles. The zero-order valence-electron chi connectivity index (χ0n) is 10.8. The average Bonchev–Trinajstić information content (AvgIpc) is 2.43. The lowest BCUT2D eigenvalue weighted by atomic mass is 10.1. The molecule has 3 nitrogen and oxygen atoms in total. The van der Waals surface area contributed by atoms with Gasteiger partial charge in [0, 0.05) is 5.02 Å². The number of carbonyl (C=O) groups excluding carboxylic acids is 1. The van der Waals surface area contributed by atoms with Crippen molar-refractivity contribution in [2.75, 3.05) is 5.32 Å². The van der Waals surface area contributed by atoms with Gasteiger partial charge in [0.05, 0.1) is 12.5 Å². The number of hydrogen-bond acceptors (Lipinski definition) is 2. The number of aliphatic hydroxyl groups is 1. The Morgan fingerprint density at radius 2 is 1.71 bits per heavy atom. The predicted octanol–water partition coefficient (Wildman–Crippen LogP) is 3.68. The van der Waals surface area contributed by atoms with Gasteiger partial charge in [0.25, 0.3) is 0 Å². The lowest BCUT2D eigenvalue weighted by Gasteiger charge is -2.12. The third kappa shape index (κ3) is 4.00. The van der Waals surface area contributed by atoms with E-state index in [1.807, 2.05) is 0 Å². The predicted molar refractivity (Wildman–Crippen MR) is 76.0 cm³/mol. The number of amides is 1. The molecule has 2 N–H and O–H groups in total. The highest BCUT2D eigenvalue weighted by Crippen LogP contribution is 2.22. The minimum atomic E-state index is -1.09. The van der Waals surface area contributed by atoms with Crippen molar-refractivity contribution < 1.29 is 18.7 Å². The van der Waals surface area contributed by atoms with Gasteiger partial charge in [-0.2, -0.15) is 0 Å². The van der Waals surface area contributed by atoms with Gasteiger partial charge in [0.15, 0.2) is 0 Å². The molecule has 0 radical (unpaired) electrons. The molecule has 0 spiro atoms. The topological polar surface area (TPSA) is 49.3 Å². The van der Waals surface area contributed by atoms with E-state index in [1.54, 1.807) is 24.3 Å². The van der Waals surface area contributed by atoms with E-state index in [2.05, 4.69) is 5.32 Å². The van der Waals surface area contributed by atoms with Gasteiger partial charge in [-0.05, 0) is 29.8 Å². The number of rotatable bonds is 4. The van der Waals surface area contributed by atoms with Crippen molar-refractivity contribution >= 4 is 23.2 Å². The molecule has 2 rings (SSSR count). The first-order chi connectivity index (χ1) is 9.97. The quantitative estimate of drug-likeness (QED) is 0.905. The molecule has 0 aliphatic heterocycles. The fourth-order valence-corrected chi connectivity index (χ4v) is 1.91. The third-order valence-corrected chi connectivity index (χ3v) is 3.11. The van der Waals surface area contributed by atoms with Crippen molar-refractivity contribution in [1.82, 2.24) is 0 Å². The Labute approximate surface area is 125 Å².